The van der Waals surface area contributed by atoms with E-state index in [2.05, 4.69) is 6.58 Å². The molecule has 0 radical (unpaired) electrons. The molecule has 0 fully saturated rings. The van der Waals surface area contributed by atoms with E-state index in [0.717, 1.165) is 6.08 Å². The summed E-state index contributed by atoms with van der Waals surface area (Å²) in [6.45, 7) is 6.93. The van der Waals surface area contributed by atoms with Crippen LogP contribution in [-0.2, 0) is 9.53 Å². The van der Waals surface area contributed by atoms with E-state index >= 15 is 0 Å². The fourth-order valence-corrected chi connectivity index (χ4v) is 1.05. The first kappa shape index (κ1) is 14.3. The topological polar surface area (TPSA) is 26.3 Å². The van der Waals surface area contributed by atoms with Crippen LogP contribution in [0.15, 0.2) is 12.7 Å². The van der Waals surface area contributed by atoms with E-state index in [1.807, 2.05) is 13.8 Å². The van der Waals surface area contributed by atoms with Gasteiger partial charge in [0, 0.05) is 18.4 Å². The molecule has 0 unspecified atom stereocenters. The molecule has 0 aromatic heterocycles. The largest absolute Gasteiger partial charge is 0.456 e. The summed E-state index contributed by atoms with van der Waals surface area (Å²) in [4.78, 5) is 10.7. The quantitative estimate of drug-likeness (QED) is 0.294. The number of carbonyl (C=O) groups is 1. The Morgan fingerprint density at radius 2 is 2.17 bits per heavy atom. The van der Waals surface area contributed by atoms with Crippen molar-refractivity contribution >= 4 is 28.5 Å². The number of hydrogen-bond donors (Lipinski definition) is 0. The van der Waals surface area contributed by atoms with E-state index in [1.54, 1.807) is 0 Å². The number of rotatable bonds is 4. The van der Waals surface area contributed by atoms with E-state index in [9.17, 15) is 4.79 Å². The van der Waals surface area contributed by atoms with Gasteiger partial charge in [0.15, 0.2) is 0 Å². The lowest BCUT2D eigenvalue weighted by Crippen LogP contribution is -2.27. The van der Waals surface area contributed by atoms with Gasteiger partial charge in [-0.3, -0.25) is 0 Å². The first-order valence-corrected chi connectivity index (χ1v) is 3.96. The van der Waals surface area contributed by atoms with E-state index < -0.39 is 11.6 Å². The lowest BCUT2D eigenvalue weighted by Gasteiger charge is -2.22. The van der Waals surface area contributed by atoms with Gasteiger partial charge in [-0.25, -0.2) is 4.79 Å². The maximum Gasteiger partial charge on any atom is 0.330 e. The summed E-state index contributed by atoms with van der Waals surface area (Å²) in [5.74, 6) is 0.0809. The summed E-state index contributed by atoms with van der Waals surface area (Å²) in [5.41, 5.74) is -0.479. The highest BCUT2D eigenvalue weighted by molar-refractivity contribution is 6.17. The summed E-state index contributed by atoms with van der Waals surface area (Å²) in [7, 11) is 0. The van der Waals surface area contributed by atoms with Crippen molar-refractivity contribution in [3.63, 3.8) is 0 Å². The molecule has 0 N–H and O–H groups in total. The molecule has 0 saturated carbocycles. The normalized spacial score (nSPS) is 9.92. The van der Waals surface area contributed by atoms with Gasteiger partial charge in [0.2, 0.25) is 0 Å². The van der Waals surface area contributed by atoms with Crippen molar-refractivity contribution in [2.45, 2.75) is 25.9 Å². The zero-order chi connectivity index (χ0) is 8.91. The second kappa shape index (κ2) is 6.26. The third-order valence-corrected chi connectivity index (χ3v) is 1.43. The molecule has 0 heterocycles. The first-order chi connectivity index (χ1) is 5.02. The van der Waals surface area contributed by atoms with Gasteiger partial charge in [0.05, 0.1) is 0 Å². The molecule has 0 aromatic carbocycles. The molecule has 0 spiro atoms. The standard InChI is InChI=1S/C8H13ClO2.H4Si/c1-4-7(10)11-8(2,3)5-6-9;/h4H,1,5-6H2,2-3H3;1H4. The fourth-order valence-electron chi connectivity index (χ4n) is 0.593. The average molecular weight is 209 g/mol. The Bertz CT molecular complexity index is 157. The van der Waals surface area contributed by atoms with Gasteiger partial charge >= 0.3 is 5.97 Å². The van der Waals surface area contributed by atoms with Crippen molar-refractivity contribution in [1.29, 1.82) is 0 Å². The lowest BCUT2D eigenvalue weighted by molar-refractivity contribution is -0.150. The van der Waals surface area contributed by atoms with Crippen LogP contribution in [0.2, 0.25) is 0 Å². The van der Waals surface area contributed by atoms with Crippen LogP contribution in [0.25, 0.3) is 0 Å². The van der Waals surface area contributed by atoms with Crippen molar-refractivity contribution in [2.75, 3.05) is 5.88 Å². The number of alkyl halides is 1. The first-order valence-electron chi connectivity index (χ1n) is 3.43. The van der Waals surface area contributed by atoms with Crippen molar-refractivity contribution in [1.82, 2.24) is 0 Å². The van der Waals surface area contributed by atoms with Crippen LogP contribution < -0.4 is 0 Å². The zero-order valence-electron chi connectivity index (χ0n) is 6.89. The van der Waals surface area contributed by atoms with Crippen LogP contribution in [0.4, 0.5) is 0 Å². The van der Waals surface area contributed by atoms with Gasteiger partial charge in [0.25, 0.3) is 0 Å². The van der Waals surface area contributed by atoms with Crippen molar-refractivity contribution < 1.29 is 9.53 Å². The summed E-state index contributed by atoms with van der Waals surface area (Å²) in [5, 5.41) is 0. The van der Waals surface area contributed by atoms with Crippen LogP contribution in [0.5, 0.6) is 0 Å². The van der Waals surface area contributed by atoms with Crippen LogP contribution in [-0.4, -0.2) is 28.4 Å². The van der Waals surface area contributed by atoms with E-state index in [1.165, 1.54) is 0 Å². The highest BCUT2D eigenvalue weighted by Gasteiger charge is 2.20. The molecule has 0 aromatic rings. The van der Waals surface area contributed by atoms with Crippen LogP contribution in [0, 0.1) is 0 Å². The van der Waals surface area contributed by atoms with Gasteiger partial charge < -0.3 is 4.74 Å². The lowest BCUT2D eigenvalue weighted by atomic mass is 10.1. The minimum Gasteiger partial charge on any atom is -0.456 e. The molecular weight excluding hydrogens is 192 g/mol. The summed E-state index contributed by atoms with van der Waals surface area (Å²) in [6, 6.07) is 0. The molecular formula is C8H17ClO2Si. The average Bonchev–Trinajstić information content (AvgIpc) is 1.86. The maximum atomic E-state index is 10.7. The number of hydrogen-bond acceptors (Lipinski definition) is 2. The summed E-state index contributed by atoms with van der Waals surface area (Å²) < 4.78 is 4.99. The highest BCUT2D eigenvalue weighted by atomic mass is 35.5. The number of esters is 1. The van der Waals surface area contributed by atoms with E-state index in [0.29, 0.717) is 12.3 Å². The SMILES string of the molecule is C=CC(=O)OC(C)(C)CCCl.[SiH4]. The smallest absolute Gasteiger partial charge is 0.330 e. The van der Waals surface area contributed by atoms with Gasteiger partial charge in [0.1, 0.15) is 5.60 Å². The summed E-state index contributed by atoms with van der Waals surface area (Å²) >= 11 is 5.50. The summed E-state index contributed by atoms with van der Waals surface area (Å²) in [6.07, 6.45) is 1.80. The molecule has 0 atom stereocenters. The molecule has 0 aliphatic carbocycles. The minimum absolute atomic E-state index is 0. The van der Waals surface area contributed by atoms with Crippen molar-refractivity contribution in [3.05, 3.63) is 12.7 Å². The fraction of sp³-hybridized carbons (Fsp3) is 0.625. The Kier molecular flexibility index (Phi) is 7.43. The van der Waals surface area contributed by atoms with Crippen LogP contribution in [0.1, 0.15) is 20.3 Å². The van der Waals surface area contributed by atoms with E-state index in [4.69, 9.17) is 16.3 Å². The molecule has 12 heavy (non-hydrogen) atoms. The number of carbonyl (C=O) groups excluding carboxylic acids is 1. The monoisotopic (exact) mass is 208 g/mol. The Morgan fingerprint density at radius 1 is 1.67 bits per heavy atom. The van der Waals surface area contributed by atoms with E-state index in [-0.39, 0.29) is 11.0 Å². The molecule has 0 aliphatic rings. The Labute approximate surface area is 83.0 Å². The van der Waals surface area contributed by atoms with Gasteiger partial charge in [-0.05, 0) is 24.8 Å². The molecule has 0 amide bonds. The molecule has 72 valence electrons. The van der Waals surface area contributed by atoms with Crippen LogP contribution >= 0.6 is 11.6 Å². The molecule has 2 nitrogen and oxygen atoms in total. The highest BCUT2D eigenvalue weighted by Crippen LogP contribution is 2.15. The molecule has 4 heteroatoms. The second-order valence-corrected chi connectivity index (χ2v) is 3.20. The van der Waals surface area contributed by atoms with Gasteiger partial charge in [-0.2, -0.15) is 0 Å². The Hall–Kier alpha value is -0.283. The number of halogens is 1. The zero-order valence-corrected chi connectivity index (χ0v) is 7.65. The maximum absolute atomic E-state index is 10.7. The van der Waals surface area contributed by atoms with Gasteiger partial charge in [-0.15, -0.1) is 11.6 Å². The molecule has 0 bridgehead atoms. The molecule has 0 aliphatic heterocycles. The second-order valence-electron chi connectivity index (χ2n) is 2.82. The third kappa shape index (κ3) is 6.43. The minimum atomic E-state index is -0.479. The van der Waals surface area contributed by atoms with Gasteiger partial charge in [-0.1, -0.05) is 6.58 Å². The van der Waals surface area contributed by atoms with Crippen LogP contribution in [0.3, 0.4) is 0 Å². The van der Waals surface area contributed by atoms with Crippen molar-refractivity contribution in [2.24, 2.45) is 0 Å². The Morgan fingerprint density at radius 3 is 2.50 bits per heavy atom. The Balaban J connectivity index is 0. The predicted molar refractivity (Wildman–Crippen MR) is 57.0 cm³/mol. The predicted octanol–water partition coefficient (Wildman–Crippen LogP) is 0.671. The number of ether oxygens (including phenoxy) is 1. The molecule has 0 saturated heterocycles. The third-order valence-electron chi connectivity index (χ3n) is 1.24. The van der Waals surface area contributed by atoms with Crippen molar-refractivity contribution in [3.8, 4) is 0 Å². The molecule has 0 rings (SSSR count).